The quantitative estimate of drug-likeness (QED) is 0.752. The SMILES string of the molecule is COC(=O)c1cnc(C(=O)OC2CCCCO2)nc1. The zero-order valence-corrected chi connectivity index (χ0v) is 10.5. The van der Waals surface area contributed by atoms with Crippen molar-refractivity contribution < 1.29 is 23.8 Å². The Labute approximate surface area is 109 Å². The average Bonchev–Trinajstić information content (AvgIpc) is 2.47. The third-order valence-electron chi connectivity index (χ3n) is 2.63. The lowest BCUT2D eigenvalue weighted by molar-refractivity contribution is -0.131. The molecule has 7 nitrogen and oxygen atoms in total. The van der Waals surface area contributed by atoms with E-state index in [0.717, 1.165) is 12.8 Å². The van der Waals surface area contributed by atoms with Gasteiger partial charge in [-0.25, -0.2) is 19.6 Å². The Kier molecular flexibility index (Phi) is 4.40. The Morgan fingerprint density at radius 2 is 2.00 bits per heavy atom. The molecule has 1 saturated heterocycles. The van der Waals surface area contributed by atoms with Crippen LogP contribution in [0.3, 0.4) is 0 Å². The number of carbonyl (C=O) groups is 2. The number of nitrogens with zero attached hydrogens (tertiary/aromatic N) is 2. The molecule has 102 valence electrons. The first kappa shape index (κ1) is 13.4. The number of ether oxygens (including phenoxy) is 3. The van der Waals surface area contributed by atoms with Gasteiger partial charge in [0.2, 0.25) is 12.1 Å². The highest BCUT2D eigenvalue weighted by Gasteiger charge is 2.21. The summed E-state index contributed by atoms with van der Waals surface area (Å²) in [7, 11) is 1.25. The van der Waals surface area contributed by atoms with Crippen molar-refractivity contribution in [3.63, 3.8) is 0 Å². The normalized spacial score (nSPS) is 18.7. The van der Waals surface area contributed by atoms with E-state index in [4.69, 9.17) is 9.47 Å². The predicted octanol–water partition coefficient (Wildman–Crippen LogP) is 0.947. The molecule has 1 aromatic heterocycles. The summed E-state index contributed by atoms with van der Waals surface area (Å²) in [6, 6.07) is 0. The summed E-state index contributed by atoms with van der Waals surface area (Å²) >= 11 is 0. The molecule has 1 unspecified atom stereocenters. The molecule has 19 heavy (non-hydrogen) atoms. The summed E-state index contributed by atoms with van der Waals surface area (Å²) in [4.78, 5) is 30.4. The maximum atomic E-state index is 11.7. The predicted molar refractivity (Wildman–Crippen MR) is 62.4 cm³/mol. The van der Waals surface area contributed by atoms with E-state index < -0.39 is 18.2 Å². The van der Waals surface area contributed by atoms with E-state index in [9.17, 15) is 9.59 Å². The van der Waals surface area contributed by atoms with Crippen molar-refractivity contribution in [3.8, 4) is 0 Å². The van der Waals surface area contributed by atoms with Crippen LogP contribution in [0.1, 0.15) is 40.2 Å². The van der Waals surface area contributed by atoms with E-state index in [1.54, 1.807) is 0 Å². The fourth-order valence-corrected chi connectivity index (χ4v) is 1.63. The zero-order chi connectivity index (χ0) is 13.7. The van der Waals surface area contributed by atoms with Crippen LogP contribution < -0.4 is 0 Å². The highest BCUT2D eigenvalue weighted by atomic mass is 16.7. The average molecular weight is 266 g/mol. The van der Waals surface area contributed by atoms with Gasteiger partial charge in [-0.15, -0.1) is 0 Å². The number of rotatable bonds is 3. The van der Waals surface area contributed by atoms with Crippen molar-refractivity contribution in [2.24, 2.45) is 0 Å². The van der Waals surface area contributed by atoms with Crippen LogP contribution in [0.25, 0.3) is 0 Å². The number of hydrogen-bond donors (Lipinski definition) is 0. The molecule has 0 spiro atoms. The molecule has 2 heterocycles. The van der Waals surface area contributed by atoms with Crippen LogP contribution in [0.2, 0.25) is 0 Å². The molecule has 0 aliphatic carbocycles. The van der Waals surface area contributed by atoms with Crippen molar-refractivity contribution in [3.05, 3.63) is 23.8 Å². The van der Waals surface area contributed by atoms with Crippen molar-refractivity contribution >= 4 is 11.9 Å². The van der Waals surface area contributed by atoms with E-state index in [2.05, 4.69) is 14.7 Å². The van der Waals surface area contributed by atoms with Gasteiger partial charge in [0.1, 0.15) is 0 Å². The smallest absolute Gasteiger partial charge is 0.378 e. The van der Waals surface area contributed by atoms with Crippen molar-refractivity contribution in [1.29, 1.82) is 0 Å². The molecule has 0 N–H and O–H groups in total. The maximum Gasteiger partial charge on any atom is 0.378 e. The summed E-state index contributed by atoms with van der Waals surface area (Å²) in [5, 5.41) is 0. The molecule has 7 heteroatoms. The third kappa shape index (κ3) is 3.47. The monoisotopic (exact) mass is 266 g/mol. The summed E-state index contributed by atoms with van der Waals surface area (Å²) < 4.78 is 14.9. The Morgan fingerprint density at radius 3 is 2.58 bits per heavy atom. The van der Waals surface area contributed by atoms with E-state index in [1.165, 1.54) is 19.5 Å². The van der Waals surface area contributed by atoms with Gasteiger partial charge in [0.25, 0.3) is 0 Å². The van der Waals surface area contributed by atoms with Crippen molar-refractivity contribution in [2.45, 2.75) is 25.6 Å². The number of methoxy groups -OCH3 is 1. The maximum absolute atomic E-state index is 11.7. The Morgan fingerprint density at radius 1 is 1.26 bits per heavy atom. The lowest BCUT2D eigenvalue weighted by Crippen LogP contribution is -2.26. The van der Waals surface area contributed by atoms with Crippen LogP contribution in [0.15, 0.2) is 12.4 Å². The first-order valence-electron chi connectivity index (χ1n) is 5.93. The topological polar surface area (TPSA) is 87.6 Å². The largest absolute Gasteiger partial charge is 0.465 e. The van der Waals surface area contributed by atoms with Crippen LogP contribution in [0.4, 0.5) is 0 Å². The van der Waals surface area contributed by atoms with Crippen LogP contribution in [0.5, 0.6) is 0 Å². The first-order chi connectivity index (χ1) is 9.20. The lowest BCUT2D eigenvalue weighted by Gasteiger charge is -2.21. The first-order valence-corrected chi connectivity index (χ1v) is 5.93. The standard InChI is InChI=1S/C12H14N2O5/c1-17-11(15)8-6-13-10(14-7-8)12(16)19-9-4-2-3-5-18-9/h6-7,9H,2-5H2,1H3. The second kappa shape index (κ2) is 6.24. The molecule has 1 aromatic rings. The van der Waals surface area contributed by atoms with Gasteiger partial charge in [0.05, 0.1) is 19.3 Å². The summed E-state index contributed by atoms with van der Waals surface area (Å²) in [6.07, 6.45) is 4.50. The molecule has 0 saturated carbocycles. The molecule has 1 fully saturated rings. The van der Waals surface area contributed by atoms with Gasteiger partial charge in [0, 0.05) is 18.8 Å². The fourth-order valence-electron chi connectivity index (χ4n) is 1.63. The molecule has 1 aliphatic heterocycles. The van der Waals surface area contributed by atoms with E-state index in [0.29, 0.717) is 13.0 Å². The molecule has 1 atom stereocenters. The zero-order valence-electron chi connectivity index (χ0n) is 10.5. The summed E-state index contributed by atoms with van der Waals surface area (Å²) in [5.74, 6) is -1.33. The molecular formula is C12H14N2O5. The molecule has 0 aromatic carbocycles. The summed E-state index contributed by atoms with van der Waals surface area (Å²) in [6.45, 7) is 0.583. The minimum absolute atomic E-state index is 0.109. The molecule has 1 aliphatic rings. The van der Waals surface area contributed by atoms with Gasteiger partial charge in [-0.1, -0.05) is 0 Å². The number of hydrogen-bond acceptors (Lipinski definition) is 7. The number of aromatic nitrogens is 2. The van der Waals surface area contributed by atoms with E-state index in [1.807, 2.05) is 0 Å². The minimum Gasteiger partial charge on any atom is -0.465 e. The molecule has 0 bridgehead atoms. The highest BCUT2D eigenvalue weighted by molar-refractivity contribution is 5.89. The minimum atomic E-state index is -0.664. The second-order valence-electron chi connectivity index (χ2n) is 3.99. The van der Waals surface area contributed by atoms with Crippen LogP contribution in [0, 0.1) is 0 Å². The Balaban J connectivity index is 1.97. The van der Waals surface area contributed by atoms with Gasteiger partial charge < -0.3 is 14.2 Å². The van der Waals surface area contributed by atoms with Gasteiger partial charge in [-0.2, -0.15) is 0 Å². The van der Waals surface area contributed by atoms with Gasteiger partial charge in [0.15, 0.2) is 0 Å². The van der Waals surface area contributed by atoms with Crippen molar-refractivity contribution in [1.82, 2.24) is 9.97 Å². The van der Waals surface area contributed by atoms with Crippen LogP contribution in [-0.2, 0) is 14.2 Å². The van der Waals surface area contributed by atoms with Crippen molar-refractivity contribution in [2.75, 3.05) is 13.7 Å². The Hall–Kier alpha value is -2.02. The molecule has 0 amide bonds. The molecule has 2 rings (SSSR count). The third-order valence-corrected chi connectivity index (χ3v) is 2.63. The summed E-state index contributed by atoms with van der Waals surface area (Å²) in [5.41, 5.74) is 0.174. The molecule has 0 radical (unpaired) electrons. The number of carbonyl (C=O) groups excluding carboxylic acids is 2. The van der Waals surface area contributed by atoms with Gasteiger partial charge in [-0.3, -0.25) is 0 Å². The van der Waals surface area contributed by atoms with E-state index >= 15 is 0 Å². The lowest BCUT2D eigenvalue weighted by atomic mass is 10.2. The van der Waals surface area contributed by atoms with Crippen LogP contribution in [-0.4, -0.2) is 41.9 Å². The highest BCUT2D eigenvalue weighted by Crippen LogP contribution is 2.14. The van der Waals surface area contributed by atoms with Gasteiger partial charge >= 0.3 is 11.9 Å². The van der Waals surface area contributed by atoms with E-state index in [-0.39, 0.29) is 11.4 Å². The van der Waals surface area contributed by atoms with Gasteiger partial charge in [-0.05, 0) is 12.8 Å². The van der Waals surface area contributed by atoms with Crippen LogP contribution >= 0.6 is 0 Å². The Bertz CT molecular complexity index is 454. The molecular weight excluding hydrogens is 252 g/mol. The second-order valence-corrected chi connectivity index (χ2v) is 3.99. The number of esters is 2. The fraction of sp³-hybridized carbons (Fsp3) is 0.500.